The molecule has 1 N–H and O–H groups in total. The van der Waals surface area contributed by atoms with Crippen molar-refractivity contribution < 1.29 is 4.52 Å². The fraction of sp³-hybridized carbons (Fsp3) is 0.0500. The minimum Gasteiger partial charge on any atom is -0.338 e. The van der Waals surface area contributed by atoms with Gasteiger partial charge in [0.15, 0.2) is 10.8 Å². The number of aromatic amines is 1. The van der Waals surface area contributed by atoms with Crippen LogP contribution in [0.1, 0.15) is 5.89 Å². The van der Waals surface area contributed by atoms with Gasteiger partial charge in [-0.2, -0.15) is 10.1 Å². The number of rotatable bonds is 5. The molecule has 0 spiro atoms. The van der Waals surface area contributed by atoms with E-state index < -0.39 is 0 Å². The van der Waals surface area contributed by atoms with Crippen LogP contribution in [-0.2, 0) is 5.75 Å². The molecule has 0 fully saturated rings. The van der Waals surface area contributed by atoms with Crippen LogP contribution < -0.4 is 5.56 Å². The molecule has 0 aliphatic heterocycles. The number of thioether (sulfide) groups is 1. The highest BCUT2D eigenvalue weighted by molar-refractivity contribution is 9.10. The Morgan fingerprint density at radius 2 is 1.87 bits per heavy atom. The molecule has 8 nitrogen and oxygen atoms in total. The summed E-state index contributed by atoms with van der Waals surface area (Å²) in [6.45, 7) is 0. The molecule has 0 aliphatic rings. The van der Waals surface area contributed by atoms with Crippen LogP contribution in [0.4, 0.5) is 0 Å². The first-order valence-corrected chi connectivity index (χ1v) is 10.7. The summed E-state index contributed by atoms with van der Waals surface area (Å²) in [6, 6.07) is 17.0. The second-order valence-corrected chi connectivity index (χ2v) is 8.17. The lowest BCUT2D eigenvalue weighted by atomic mass is 10.2. The predicted molar refractivity (Wildman–Crippen MR) is 116 cm³/mol. The second-order valence-electron chi connectivity index (χ2n) is 6.31. The van der Waals surface area contributed by atoms with Crippen LogP contribution in [0.5, 0.6) is 0 Å². The zero-order valence-corrected chi connectivity index (χ0v) is 17.7. The Morgan fingerprint density at radius 3 is 2.67 bits per heavy atom. The third-order valence-corrected chi connectivity index (χ3v) is 5.81. The number of fused-ring (bicyclic) bond motifs is 1. The molecule has 0 saturated heterocycles. The van der Waals surface area contributed by atoms with Crippen molar-refractivity contribution in [3.05, 3.63) is 81.5 Å². The van der Waals surface area contributed by atoms with Crippen molar-refractivity contribution in [1.29, 1.82) is 0 Å². The number of nitrogens with zero attached hydrogens (tertiary/aromatic N) is 5. The molecule has 148 valence electrons. The maximum atomic E-state index is 13.0. The summed E-state index contributed by atoms with van der Waals surface area (Å²) in [7, 11) is 0. The van der Waals surface area contributed by atoms with E-state index >= 15 is 0 Å². The fourth-order valence-electron chi connectivity index (χ4n) is 2.93. The molecule has 3 heterocycles. The number of aromatic nitrogens is 6. The number of H-pyrrole nitrogens is 1. The maximum Gasteiger partial charge on any atom is 0.269 e. The SMILES string of the molecule is O=c1c2cn[nH]c2nc(SCc2nc(-c3ccc(Br)cc3)no2)n1-c1ccccc1. The molecule has 0 unspecified atom stereocenters. The molecule has 0 bridgehead atoms. The van der Waals surface area contributed by atoms with E-state index in [-0.39, 0.29) is 5.56 Å². The first-order valence-electron chi connectivity index (χ1n) is 8.92. The van der Waals surface area contributed by atoms with Gasteiger partial charge in [0.25, 0.3) is 5.56 Å². The number of halogens is 1. The number of para-hydroxylation sites is 1. The van der Waals surface area contributed by atoms with E-state index in [0.29, 0.717) is 33.7 Å². The van der Waals surface area contributed by atoms with Gasteiger partial charge in [-0.05, 0) is 36.4 Å². The molecular weight excluding hydrogens is 468 g/mol. The lowest BCUT2D eigenvalue weighted by Gasteiger charge is -2.10. The summed E-state index contributed by atoms with van der Waals surface area (Å²) in [6.07, 6.45) is 1.49. The molecule has 0 radical (unpaired) electrons. The third kappa shape index (κ3) is 3.55. The molecule has 3 aromatic heterocycles. The smallest absolute Gasteiger partial charge is 0.269 e. The Hall–Kier alpha value is -3.24. The van der Waals surface area contributed by atoms with Gasteiger partial charge in [-0.3, -0.25) is 14.5 Å². The van der Waals surface area contributed by atoms with Crippen molar-refractivity contribution in [2.75, 3.05) is 0 Å². The van der Waals surface area contributed by atoms with E-state index in [1.807, 2.05) is 54.6 Å². The number of hydrogen-bond donors (Lipinski definition) is 1. The van der Waals surface area contributed by atoms with Gasteiger partial charge in [0, 0.05) is 10.0 Å². The van der Waals surface area contributed by atoms with Crippen LogP contribution in [0.15, 0.2) is 79.7 Å². The topological polar surface area (TPSA) is 102 Å². The molecule has 5 aromatic rings. The van der Waals surface area contributed by atoms with Gasteiger partial charge in [0.1, 0.15) is 5.39 Å². The molecule has 0 aliphatic carbocycles. The second kappa shape index (κ2) is 7.88. The average Bonchev–Trinajstić information content (AvgIpc) is 3.43. The van der Waals surface area contributed by atoms with Gasteiger partial charge in [-0.1, -0.05) is 51.0 Å². The van der Waals surface area contributed by atoms with E-state index in [1.165, 1.54) is 18.0 Å². The zero-order chi connectivity index (χ0) is 20.5. The molecule has 5 rings (SSSR count). The Balaban J connectivity index is 1.47. The maximum absolute atomic E-state index is 13.0. The molecule has 0 atom stereocenters. The Kier molecular flexibility index (Phi) is 4.93. The minimum absolute atomic E-state index is 0.191. The van der Waals surface area contributed by atoms with Crippen LogP contribution in [0.3, 0.4) is 0 Å². The summed E-state index contributed by atoms with van der Waals surface area (Å²) in [4.78, 5) is 22.1. The summed E-state index contributed by atoms with van der Waals surface area (Å²) in [5.41, 5.74) is 1.83. The fourth-order valence-corrected chi connectivity index (χ4v) is 4.04. The molecule has 0 saturated carbocycles. The van der Waals surface area contributed by atoms with Gasteiger partial charge in [0.2, 0.25) is 11.7 Å². The monoisotopic (exact) mass is 480 g/mol. The van der Waals surface area contributed by atoms with Crippen molar-refractivity contribution in [3.63, 3.8) is 0 Å². The van der Waals surface area contributed by atoms with Crippen molar-refractivity contribution in [1.82, 2.24) is 29.9 Å². The molecule has 2 aromatic carbocycles. The summed E-state index contributed by atoms with van der Waals surface area (Å²) in [5.74, 6) is 1.31. The summed E-state index contributed by atoms with van der Waals surface area (Å²) >= 11 is 4.75. The Morgan fingerprint density at radius 1 is 1.07 bits per heavy atom. The van der Waals surface area contributed by atoms with E-state index in [2.05, 4.69) is 41.3 Å². The highest BCUT2D eigenvalue weighted by Crippen LogP contribution is 2.25. The lowest BCUT2D eigenvalue weighted by molar-refractivity contribution is 0.391. The van der Waals surface area contributed by atoms with E-state index in [9.17, 15) is 4.79 Å². The van der Waals surface area contributed by atoms with Crippen molar-refractivity contribution in [2.45, 2.75) is 10.9 Å². The Labute approximate surface area is 182 Å². The quantitative estimate of drug-likeness (QED) is 0.296. The third-order valence-electron chi connectivity index (χ3n) is 4.36. The lowest BCUT2D eigenvalue weighted by Crippen LogP contribution is -2.21. The first-order chi connectivity index (χ1) is 14.7. The van der Waals surface area contributed by atoms with E-state index in [4.69, 9.17) is 4.52 Å². The molecule has 0 amide bonds. The molecule has 30 heavy (non-hydrogen) atoms. The van der Waals surface area contributed by atoms with Gasteiger partial charge in [-0.15, -0.1) is 0 Å². The first kappa shape index (κ1) is 18.8. The van der Waals surface area contributed by atoms with Crippen LogP contribution in [0.25, 0.3) is 28.1 Å². The largest absolute Gasteiger partial charge is 0.338 e. The number of hydrogen-bond acceptors (Lipinski definition) is 7. The van der Waals surface area contributed by atoms with Crippen LogP contribution in [-0.4, -0.2) is 29.9 Å². The van der Waals surface area contributed by atoms with Gasteiger partial charge >= 0.3 is 0 Å². The molecule has 10 heteroatoms. The normalized spacial score (nSPS) is 11.2. The average molecular weight is 481 g/mol. The van der Waals surface area contributed by atoms with Gasteiger partial charge < -0.3 is 4.52 Å². The van der Waals surface area contributed by atoms with Gasteiger partial charge in [0.05, 0.1) is 17.6 Å². The van der Waals surface area contributed by atoms with Crippen LogP contribution in [0.2, 0.25) is 0 Å². The van der Waals surface area contributed by atoms with E-state index in [0.717, 1.165) is 15.7 Å². The predicted octanol–water partition coefficient (Wildman–Crippen LogP) is 4.21. The zero-order valence-electron chi connectivity index (χ0n) is 15.3. The standard InChI is InChI=1S/C20H13BrN6O2S/c21-13-8-6-12(7-9-13)17-23-16(29-26-17)11-30-20-24-18-15(10-22-25-18)19(28)27(20)14-4-2-1-3-5-14/h1-10H,11H2,(H,22,25). The molecular formula is C20H13BrN6O2S. The van der Waals surface area contributed by atoms with Crippen molar-refractivity contribution in [2.24, 2.45) is 0 Å². The minimum atomic E-state index is -0.191. The van der Waals surface area contributed by atoms with Crippen LogP contribution in [0, 0.1) is 0 Å². The number of benzene rings is 2. The highest BCUT2D eigenvalue weighted by atomic mass is 79.9. The highest BCUT2D eigenvalue weighted by Gasteiger charge is 2.16. The van der Waals surface area contributed by atoms with Gasteiger partial charge in [-0.25, -0.2) is 4.98 Å². The summed E-state index contributed by atoms with van der Waals surface area (Å²) in [5, 5.41) is 11.7. The van der Waals surface area contributed by atoms with Crippen molar-refractivity contribution in [3.8, 4) is 17.1 Å². The van der Waals surface area contributed by atoms with Crippen molar-refractivity contribution >= 4 is 38.7 Å². The Bertz CT molecular complexity index is 1380. The number of nitrogens with one attached hydrogen (secondary N) is 1. The van der Waals surface area contributed by atoms with Crippen LogP contribution >= 0.6 is 27.7 Å². The van der Waals surface area contributed by atoms with E-state index in [1.54, 1.807) is 4.57 Å². The summed E-state index contributed by atoms with van der Waals surface area (Å²) < 4.78 is 7.93.